The summed E-state index contributed by atoms with van der Waals surface area (Å²) in [5, 5.41) is 11.9. The van der Waals surface area contributed by atoms with Gasteiger partial charge < -0.3 is 9.47 Å². The number of ether oxygens (including phenoxy) is 2. The monoisotopic (exact) mass is 427 g/mol. The lowest BCUT2D eigenvalue weighted by atomic mass is 10.0. The molecule has 0 unspecified atom stereocenters. The Hall–Kier alpha value is -3.38. The fourth-order valence-corrected chi connectivity index (χ4v) is 7.57. The highest BCUT2D eigenvalue weighted by molar-refractivity contribution is 7.02. The van der Waals surface area contributed by atoms with Gasteiger partial charge in [0.1, 0.15) is 25.3 Å². The summed E-state index contributed by atoms with van der Waals surface area (Å²) in [4.78, 5) is 0. The minimum Gasteiger partial charge on any atom is -0.497 e. The van der Waals surface area contributed by atoms with Gasteiger partial charge >= 0.3 is 0 Å². The van der Waals surface area contributed by atoms with E-state index in [4.69, 9.17) is 9.47 Å². The van der Waals surface area contributed by atoms with E-state index in [1.807, 2.05) is 22.9 Å². The lowest BCUT2D eigenvalue weighted by Crippen LogP contribution is -2.53. The van der Waals surface area contributed by atoms with Gasteiger partial charge in [0, 0.05) is 11.1 Å². The average molecular weight is 428 g/mol. The molecule has 1 aliphatic heterocycles. The molecular weight excluding hydrogens is 402 g/mol. The van der Waals surface area contributed by atoms with Gasteiger partial charge in [0.25, 0.3) is 0 Å². The molecule has 0 atom stereocenters. The minimum absolute atomic E-state index is 0.669. The molecule has 0 fully saturated rings. The van der Waals surface area contributed by atoms with E-state index < -0.39 is 8.07 Å². The number of rotatable bonds is 4. The largest absolute Gasteiger partial charge is 0.497 e. The van der Waals surface area contributed by atoms with E-state index in [1.165, 1.54) is 21.5 Å². The summed E-state index contributed by atoms with van der Waals surface area (Å²) in [5.74, 6) is 1.73. The maximum absolute atomic E-state index is 5.60. The molecule has 5 rings (SSSR count). The van der Waals surface area contributed by atoms with Gasteiger partial charge in [-0.2, -0.15) is 0 Å². The number of aromatic nitrogens is 3. The summed E-state index contributed by atoms with van der Waals surface area (Å²) >= 11 is 0. The number of hydrogen-bond acceptors (Lipinski definition) is 4. The van der Waals surface area contributed by atoms with Crippen LogP contribution < -0.4 is 19.8 Å². The second-order valence-electron chi connectivity index (χ2n) is 8.38. The average Bonchev–Trinajstić information content (AvgIpc) is 3.18. The Morgan fingerprint density at radius 1 is 0.806 bits per heavy atom. The number of nitrogens with zero attached hydrogens (tertiary/aromatic N) is 3. The molecule has 31 heavy (non-hydrogen) atoms. The van der Waals surface area contributed by atoms with E-state index >= 15 is 0 Å². The molecule has 0 radical (unpaired) electrons. The topological polar surface area (TPSA) is 49.2 Å². The van der Waals surface area contributed by atoms with E-state index in [9.17, 15) is 0 Å². The Morgan fingerprint density at radius 3 is 2.06 bits per heavy atom. The summed E-state index contributed by atoms with van der Waals surface area (Å²) in [6.07, 6.45) is 0. The van der Waals surface area contributed by atoms with Gasteiger partial charge in [-0.25, -0.2) is 4.68 Å². The zero-order valence-corrected chi connectivity index (χ0v) is 19.2. The zero-order valence-electron chi connectivity index (χ0n) is 18.2. The Bertz CT molecular complexity index is 1270. The van der Waals surface area contributed by atoms with Crippen molar-refractivity contribution >= 4 is 18.4 Å². The molecule has 0 aliphatic carbocycles. The second kappa shape index (κ2) is 7.39. The maximum Gasteiger partial charge on any atom is 0.120 e. The predicted octanol–water partition coefficient (Wildman–Crippen LogP) is 3.81. The highest BCUT2D eigenvalue weighted by atomic mass is 28.3. The van der Waals surface area contributed by atoms with E-state index in [2.05, 4.69) is 71.9 Å². The molecule has 0 saturated carbocycles. The van der Waals surface area contributed by atoms with E-state index in [-0.39, 0.29) is 0 Å². The molecule has 1 aliphatic rings. The fourth-order valence-electron chi connectivity index (χ4n) is 4.52. The van der Waals surface area contributed by atoms with Gasteiger partial charge in [-0.05, 0) is 52.3 Å². The van der Waals surface area contributed by atoms with Gasteiger partial charge in [0.15, 0.2) is 0 Å². The molecule has 6 heteroatoms. The zero-order chi connectivity index (χ0) is 21.6. The van der Waals surface area contributed by atoms with Crippen LogP contribution in [-0.2, 0) is 6.54 Å². The van der Waals surface area contributed by atoms with Crippen molar-refractivity contribution in [2.75, 3.05) is 14.2 Å². The minimum atomic E-state index is -2.10. The lowest BCUT2D eigenvalue weighted by Gasteiger charge is -2.26. The fraction of sp³-hybridized carbons (Fsp3) is 0.200. The molecule has 0 spiro atoms. The first kappa shape index (κ1) is 19.6. The SMILES string of the molecule is COc1ccc2c(c1)[Si](C)(C)c1cc(OC)ccc1-c1c-2nnn1Cc1ccccc1. The van der Waals surface area contributed by atoms with Crippen LogP contribution in [0.1, 0.15) is 5.56 Å². The maximum atomic E-state index is 5.60. The number of fused-ring (bicyclic) bond motifs is 5. The van der Waals surface area contributed by atoms with Crippen LogP contribution in [0.25, 0.3) is 22.5 Å². The van der Waals surface area contributed by atoms with Crippen LogP contribution in [0.5, 0.6) is 11.5 Å². The third-order valence-corrected chi connectivity index (χ3v) is 9.74. The summed E-state index contributed by atoms with van der Waals surface area (Å²) in [5.41, 5.74) is 5.51. The van der Waals surface area contributed by atoms with Crippen molar-refractivity contribution in [3.63, 3.8) is 0 Å². The van der Waals surface area contributed by atoms with Crippen molar-refractivity contribution in [1.82, 2.24) is 15.0 Å². The smallest absolute Gasteiger partial charge is 0.120 e. The normalized spacial score (nSPS) is 13.5. The van der Waals surface area contributed by atoms with Crippen molar-refractivity contribution in [2.45, 2.75) is 19.6 Å². The highest BCUT2D eigenvalue weighted by Crippen LogP contribution is 2.36. The summed E-state index contributed by atoms with van der Waals surface area (Å²) in [6.45, 7) is 5.43. The quantitative estimate of drug-likeness (QED) is 0.465. The summed E-state index contributed by atoms with van der Waals surface area (Å²) < 4.78 is 13.2. The number of hydrogen-bond donors (Lipinski definition) is 0. The lowest BCUT2D eigenvalue weighted by molar-refractivity contribution is 0.415. The van der Waals surface area contributed by atoms with Gasteiger partial charge in [-0.1, -0.05) is 48.6 Å². The van der Waals surface area contributed by atoms with E-state index in [0.29, 0.717) is 6.54 Å². The van der Waals surface area contributed by atoms with Crippen LogP contribution >= 0.6 is 0 Å². The summed E-state index contributed by atoms with van der Waals surface area (Å²) in [6, 6.07) is 23.1. The van der Waals surface area contributed by atoms with Crippen molar-refractivity contribution in [3.8, 4) is 34.0 Å². The molecular formula is C25H25N3O2Si. The van der Waals surface area contributed by atoms with E-state index in [0.717, 1.165) is 28.5 Å². The highest BCUT2D eigenvalue weighted by Gasteiger charge is 2.38. The summed E-state index contributed by atoms with van der Waals surface area (Å²) in [7, 11) is 1.34. The number of methoxy groups -OCH3 is 2. The molecule has 0 bridgehead atoms. The molecule has 0 saturated heterocycles. The number of benzene rings is 3. The molecule has 3 aromatic carbocycles. The molecule has 5 nitrogen and oxygen atoms in total. The third kappa shape index (κ3) is 3.14. The van der Waals surface area contributed by atoms with Crippen molar-refractivity contribution in [2.24, 2.45) is 0 Å². The first-order valence-electron chi connectivity index (χ1n) is 10.4. The standard InChI is InChI=1S/C25H25N3O2Si/c1-29-18-10-12-20-22(14-18)31(3,4)23-15-19(30-2)11-13-21(23)25-24(20)26-27-28(25)16-17-8-6-5-7-9-17/h5-15H,16H2,1-4H3. The van der Waals surface area contributed by atoms with Crippen molar-refractivity contribution < 1.29 is 9.47 Å². The predicted molar refractivity (Wildman–Crippen MR) is 126 cm³/mol. The van der Waals surface area contributed by atoms with Crippen LogP contribution in [0.15, 0.2) is 66.7 Å². The van der Waals surface area contributed by atoms with Gasteiger partial charge in [0.2, 0.25) is 0 Å². The van der Waals surface area contributed by atoms with E-state index in [1.54, 1.807) is 14.2 Å². The van der Waals surface area contributed by atoms with Gasteiger partial charge in [-0.15, -0.1) is 5.10 Å². The van der Waals surface area contributed by atoms with Crippen LogP contribution in [-0.4, -0.2) is 37.3 Å². The van der Waals surface area contributed by atoms with Crippen molar-refractivity contribution in [1.29, 1.82) is 0 Å². The third-order valence-electron chi connectivity index (χ3n) is 6.22. The van der Waals surface area contributed by atoms with Crippen LogP contribution in [0.3, 0.4) is 0 Å². The molecule has 1 aromatic heterocycles. The van der Waals surface area contributed by atoms with Crippen LogP contribution in [0.2, 0.25) is 13.1 Å². The van der Waals surface area contributed by atoms with Crippen LogP contribution in [0, 0.1) is 0 Å². The first-order valence-corrected chi connectivity index (χ1v) is 13.4. The Labute approximate surface area is 183 Å². The van der Waals surface area contributed by atoms with Crippen LogP contribution in [0.4, 0.5) is 0 Å². The molecule has 0 N–H and O–H groups in total. The second-order valence-corrected chi connectivity index (χ2v) is 12.7. The van der Waals surface area contributed by atoms with Crippen molar-refractivity contribution in [3.05, 3.63) is 72.3 Å². The molecule has 2 heterocycles. The molecule has 156 valence electrons. The van der Waals surface area contributed by atoms with Gasteiger partial charge in [-0.3, -0.25) is 0 Å². The Kier molecular flexibility index (Phi) is 4.67. The molecule has 4 aromatic rings. The first-order chi connectivity index (χ1) is 15.0. The molecule has 0 amide bonds. The van der Waals surface area contributed by atoms with Gasteiger partial charge in [0.05, 0.1) is 26.5 Å². The Balaban J connectivity index is 1.81. The Morgan fingerprint density at radius 2 is 1.42 bits per heavy atom.